The lowest BCUT2D eigenvalue weighted by Crippen LogP contribution is -2.34. The fraction of sp³-hybridized carbons (Fsp3) is 0.333. The molecule has 2 aromatic rings. The fourth-order valence-electron chi connectivity index (χ4n) is 2.44. The van der Waals surface area contributed by atoms with E-state index in [0.29, 0.717) is 12.8 Å². The van der Waals surface area contributed by atoms with Crippen LogP contribution in [0.15, 0.2) is 41.4 Å². The molecule has 0 atom stereocenters. The Hall–Kier alpha value is -1.73. The summed E-state index contributed by atoms with van der Waals surface area (Å²) >= 11 is 0. The Labute approximate surface area is 128 Å². The van der Waals surface area contributed by atoms with Crippen LogP contribution in [0, 0.1) is 11.6 Å². The molecule has 1 fully saturated rings. The van der Waals surface area contributed by atoms with Crippen molar-refractivity contribution in [1.29, 1.82) is 0 Å². The van der Waals surface area contributed by atoms with Gasteiger partial charge in [-0.25, -0.2) is 17.2 Å². The summed E-state index contributed by atoms with van der Waals surface area (Å²) in [7, 11) is -2.42. The predicted molar refractivity (Wildman–Crippen MR) is 77.5 cm³/mol. The molecule has 0 aliphatic heterocycles. The predicted octanol–water partition coefficient (Wildman–Crippen LogP) is 2.66. The van der Waals surface area contributed by atoms with Gasteiger partial charge in [-0.15, -0.1) is 0 Å². The number of hydrogen-bond acceptors (Lipinski definition) is 2. The molecule has 0 saturated heterocycles. The van der Waals surface area contributed by atoms with E-state index in [9.17, 15) is 17.2 Å². The summed E-state index contributed by atoms with van der Waals surface area (Å²) in [6.07, 6.45) is 3.22. The fourth-order valence-corrected chi connectivity index (χ4v) is 4.21. The van der Waals surface area contributed by atoms with Crippen molar-refractivity contribution in [3.8, 4) is 0 Å². The van der Waals surface area contributed by atoms with Gasteiger partial charge in [0, 0.05) is 25.0 Å². The van der Waals surface area contributed by atoms with E-state index in [-0.39, 0.29) is 12.6 Å². The third kappa shape index (κ3) is 2.66. The lowest BCUT2D eigenvalue weighted by molar-refractivity contribution is 0.383. The van der Waals surface area contributed by atoms with E-state index in [1.807, 2.05) is 0 Å². The van der Waals surface area contributed by atoms with Crippen molar-refractivity contribution in [3.63, 3.8) is 0 Å². The van der Waals surface area contributed by atoms with Crippen LogP contribution >= 0.6 is 0 Å². The summed E-state index contributed by atoms with van der Waals surface area (Å²) in [5, 5.41) is 0. The van der Waals surface area contributed by atoms with E-state index in [0.717, 1.165) is 23.9 Å². The lowest BCUT2D eigenvalue weighted by Gasteiger charge is -2.22. The standard InChI is InChI=1S/C15H16F2N2O2S/c1-18-9-3-4-12(18)10-19(11-7-8-11)22(20,21)15-13(16)5-2-6-14(15)17/h2-6,9,11H,7-8,10H2,1H3. The molecule has 118 valence electrons. The molecule has 1 aromatic heterocycles. The van der Waals surface area contributed by atoms with Gasteiger partial charge in [-0.2, -0.15) is 4.31 Å². The van der Waals surface area contributed by atoms with Gasteiger partial charge in [0.05, 0.1) is 6.54 Å². The molecule has 1 aliphatic rings. The van der Waals surface area contributed by atoms with Gasteiger partial charge in [-0.3, -0.25) is 0 Å². The Morgan fingerprint density at radius 3 is 2.32 bits per heavy atom. The first kappa shape index (κ1) is 15.2. The number of rotatable bonds is 5. The summed E-state index contributed by atoms with van der Waals surface area (Å²) in [6, 6.07) is 6.48. The van der Waals surface area contributed by atoms with Gasteiger partial charge in [0.25, 0.3) is 0 Å². The average molecular weight is 326 g/mol. The molecular formula is C15H16F2N2O2S. The van der Waals surface area contributed by atoms with Crippen LogP contribution in [0.25, 0.3) is 0 Å². The van der Waals surface area contributed by atoms with Gasteiger partial charge in [0.1, 0.15) is 11.6 Å². The first-order valence-electron chi connectivity index (χ1n) is 6.97. The van der Waals surface area contributed by atoms with Crippen LogP contribution in [0.4, 0.5) is 8.78 Å². The number of sulfonamides is 1. The highest BCUT2D eigenvalue weighted by Crippen LogP contribution is 2.35. The van der Waals surface area contributed by atoms with E-state index in [1.165, 1.54) is 4.31 Å². The molecule has 3 rings (SSSR count). The second-order valence-corrected chi connectivity index (χ2v) is 7.27. The Morgan fingerprint density at radius 1 is 1.18 bits per heavy atom. The molecule has 1 heterocycles. The monoisotopic (exact) mass is 326 g/mol. The van der Waals surface area contributed by atoms with Crippen molar-refractivity contribution < 1.29 is 17.2 Å². The minimum atomic E-state index is -4.22. The summed E-state index contributed by atoms with van der Waals surface area (Å²) in [5.74, 6) is -2.12. The molecule has 22 heavy (non-hydrogen) atoms. The van der Waals surface area contributed by atoms with Gasteiger partial charge in [-0.05, 0) is 37.1 Å². The maximum atomic E-state index is 13.9. The van der Waals surface area contributed by atoms with E-state index >= 15 is 0 Å². The Balaban J connectivity index is 2.02. The van der Waals surface area contributed by atoms with E-state index < -0.39 is 26.6 Å². The van der Waals surface area contributed by atoms with Crippen LogP contribution in [0.1, 0.15) is 18.5 Å². The highest BCUT2D eigenvalue weighted by molar-refractivity contribution is 7.89. The normalized spacial score (nSPS) is 15.5. The minimum Gasteiger partial charge on any atom is -0.353 e. The smallest absolute Gasteiger partial charge is 0.249 e. The maximum Gasteiger partial charge on any atom is 0.249 e. The molecule has 0 N–H and O–H groups in total. The third-order valence-electron chi connectivity index (χ3n) is 3.81. The number of benzene rings is 1. The van der Waals surface area contributed by atoms with Gasteiger partial charge in [0.15, 0.2) is 4.90 Å². The zero-order valence-electron chi connectivity index (χ0n) is 12.0. The molecule has 4 nitrogen and oxygen atoms in total. The van der Waals surface area contributed by atoms with Crippen LogP contribution in [-0.4, -0.2) is 23.3 Å². The summed E-state index contributed by atoms with van der Waals surface area (Å²) in [6.45, 7) is 0.101. The highest BCUT2D eigenvalue weighted by atomic mass is 32.2. The molecule has 0 amide bonds. The van der Waals surface area contributed by atoms with Crippen LogP contribution in [-0.2, 0) is 23.6 Å². The summed E-state index contributed by atoms with van der Waals surface area (Å²) < 4.78 is 56.2. The van der Waals surface area contributed by atoms with Crippen molar-refractivity contribution in [2.75, 3.05) is 0 Å². The Bertz CT molecular complexity index is 777. The number of nitrogens with zero attached hydrogens (tertiary/aromatic N) is 2. The van der Waals surface area contributed by atoms with E-state index in [4.69, 9.17) is 0 Å². The number of hydrogen-bond donors (Lipinski definition) is 0. The second-order valence-electron chi connectivity index (χ2n) is 5.44. The topological polar surface area (TPSA) is 42.3 Å². The minimum absolute atomic E-state index is 0.101. The molecule has 0 radical (unpaired) electrons. The van der Waals surface area contributed by atoms with Crippen molar-refractivity contribution in [2.45, 2.75) is 30.3 Å². The number of aryl methyl sites for hydroxylation is 1. The first-order chi connectivity index (χ1) is 10.4. The maximum absolute atomic E-state index is 13.9. The molecule has 0 unspecified atom stereocenters. The summed E-state index contributed by atoms with van der Waals surface area (Å²) in [5.41, 5.74) is 0.771. The SMILES string of the molecule is Cn1cccc1CN(C1CC1)S(=O)(=O)c1c(F)cccc1F. The van der Waals surface area contributed by atoms with Crippen molar-refractivity contribution >= 4 is 10.0 Å². The van der Waals surface area contributed by atoms with Crippen LogP contribution in [0.3, 0.4) is 0 Å². The van der Waals surface area contributed by atoms with Gasteiger partial charge < -0.3 is 4.57 Å². The molecule has 1 saturated carbocycles. The zero-order chi connectivity index (χ0) is 15.9. The van der Waals surface area contributed by atoms with Crippen molar-refractivity contribution in [3.05, 3.63) is 53.9 Å². The van der Waals surface area contributed by atoms with E-state index in [1.54, 1.807) is 29.9 Å². The van der Waals surface area contributed by atoms with Crippen LogP contribution < -0.4 is 0 Å². The molecule has 0 spiro atoms. The van der Waals surface area contributed by atoms with Crippen LogP contribution in [0.5, 0.6) is 0 Å². The molecule has 1 aromatic carbocycles. The van der Waals surface area contributed by atoms with Crippen molar-refractivity contribution in [1.82, 2.24) is 8.87 Å². The van der Waals surface area contributed by atoms with Crippen LogP contribution in [0.2, 0.25) is 0 Å². The first-order valence-corrected chi connectivity index (χ1v) is 8.41. The lowest BCUT2D eigenvalue weighted by atomic mass is 10.3. The van der Waals surface area contributed by atoms with Crippen molar-refractivity contribution in [2.24, 2.45) is 7.05 Å². The number of aromatic nitrogens is 1. The zero-order valence-corrected chi connectivity index (χ0v) is 12.9. The average Bonchev–Trinajstić information content (AvgIpc) is 3.19. The molecule has 1 aliphatic carbocycles. The largest absolute Gasteiger partial charge is 0.353 e. The Morgan fingerprint density at radius 2 is 1.82 bits per heavy atom. The van der Waals surface area contributed by atoms with E-state index in [2.05, 4.69) is 0 Å². The third-order valence-corrected chi connectivity index (χ3v) is 5.76. The highest BCUT2D eigenvalue weighted by Gasteiger charge is 2.40. The Kier molecular flexibility index (Phi) is 3.78. The molecule has 0 bridgehead atoms. The van der Waals surface area contributed by atoms with Gasteiger partial charge in [0.2, 0.25) is 10.0 Å². The molecule has 7 heteroatoms. The number of halogens is 2. The molecular weight excluding hydrogens is 310 g/mol. The summed E-state index contributed by atoms with van der Waals surface area (Å²) in [4.78, 5) is -0.865. The van der Waals surface area contributed by atoms with Gasteiger partial charge in [-0.1, -0.05) is 6.07 Å². The second kappa shape index (κ2) is 5.48. The quantitative estimate of drug-likeness (QED) is 0.848. The van der Waals surface area contributed by atoms with Gasteiger partial charge >= 0.3 is 0 Å².